The van der Waals surface area contributed by atoms with E-state index in [2.05, 4.69) is 35.4 Å². The largest absolute Gasteiger partial charge is 0.299 e. The lowest BCUT2D eigenvalue weighted by atomic mass is 9.92. The average Bonchev–Trinajstić information content (AvgIpc) is 2.29. The van der Waals surface area contributed by atoms with Gasteiger partial charge < -0.3 is 0 Å². The molecule has 1 fully saturated rings. The van der Waals surface area contributed by atoms with Crippen LogP contribution in [0.15, 0.2) is 0 Å². The average molecular weight is 209 g/mol. The molecule has 1 saturated heterocycles. The molecule has 0 unspecified atom stereocenters. The van der Waals surface area contributed by atoms with Crippen molar-refractivity contribution in [3.63, 3.8) is 0 Å². The lowest BCUT2D eigenvalue weighted by Crippen LogP contribution is -2.55. The number of rotatable bonds is 4. The van der Waals surface area contributed by atoms with Crippen LogP contribution in [0.25, 0.3) is 4.85 Å². The van der Waals surface area contributed by atoms with Gasteiger partial charge in [0.15, 0.2) is 0 Å². The van der Waals surface area contributed by atoms with E-state index in [0.29, 0.717) is 12.2 Å². The summed E-state index contributed by atoms with van der Waals surface area (Å²) in [5.74, 6) is 0. The second-order valence-electron chi connectivity index (χ2n) is 4.61. The molecule has 0 amide bonds. The monoisotopic (exact) mass is 209 g/mol. The van der Waals surface area contributed by atoms with E-state index in [1.807, 2.05) is 0 Å². The van der Waals surface area contributed by atoms with Gasteiger partial charge in [-0.15, -0.1) is 0 Å². The van der Waals surface area contributed by atoms with Crippen LogP contribution < -0.4 is 0 Å². The molecule has 3 heteroatoms. The molecular formula is C12H23N3. The van der Waals surface area contributed by atoms with Crippen molar-refractivity contribution in [1.82, 2.24) is 9.80 Å². The zero-order valence-corrected chi connectivity index (χ0v) is 10.3. The quantitative estimate of drug-likeness (QED) is 0.656. The Hall–Kier alpha value is -0.590. The Kier molecular flexibility index (Phi) is 4.56. The minimum Gasteiger partial charge on any atom is -0.299 e. The zero-order valence-electron chi connectivity index (χ0n) is 10.3. The fraction of sp³-hybridized carbons (Fsp3) is 0.917. The van der Waals surface area contributed by atoms with Crippen LogP contribution in [0.5, 0.6) is 0 Å². The number of hydrogen-bond acceptors (Lipinski definition) is 2. The van der Waals surface area contributed by atoms with Crippen molar-refractivity contribution in [3.05, 3.63) is 11.4 Å². The Labute approximate surface area is 93.9 Å². The van der Waals surface area contributed by atoms with Crippen molar-refractivity contribution in [1.29, 1.82) is 0 Å². The minimum absolute atomic E-state index is 0.365. The number of hydrogen-bond donors (Lipinski definition) is 0. The Morgan fingerprint density at radius 3 is 2.07 bits per heavy atom. The summed E-state index contributed by atoms with van der Waals surface area (Å²) in [5.41, 5.74) is 0.365. The standard InChI is InChI=1S/C12H23N3/c1-5-12(3,6-2)15-9-7-14(8-10-15)11-13-4/h5-11H2,1-3H3. The molecule has 1 aliphatic heterocycles. The molecular weight excluding hydrogens is 186 g/mol. The van der Waals surface area contributed by atoms with Crippen LogP contribution in [0.1, 0.15) is 33.6 Å². The second kappa shape index (κ2) is 5.48. The molecule has 0 radical (unpaired) electrons. The highest BCUT2D eigenvalue weighted by molar-refractivity contribution is 4.87. The lowest BCUT2D eigenvalue weighted by Gasteiger charge is -2.44. The van der Waals surface area contributed by atoms with Gasteiger partial charge >= 0.3 is 0 Å². The van der Waals surface area contributed by atoms with Gasteiger partial charge in [-0.1, -0.05) is 13.8 Å². The first-order valence-electron chi connectivity index (χ1n) is 5.97. The molecule has 0 N–H and O–H groups in total. The van der Waals surface area contributed by atoms with E-state index < -0.39 is 0 Å². The van der Waals surface area contributed by atoms with Gasteiger partial charge in [0.25, 0.3) is 6.67 Å². The minimum atomic E-state index is 0.365. The first-order valence-corrected chi connectivity index (χ1v) is 5.97. The van der Waals surface area contributed by atoms with Crippen molar-refractivity contribution >= 4 is 0 Å². The van der Waals surface area contributed by atoms with Crippen molar-refractivity contribution < 1.29 is 0 Å². The van der Waals surface area contributed by atoms with Crippen LogP contribution in [-0.4, -0.2) is 48.2 Å². The van der Waals surface area contributed by atoms with Crippen LogP contribution >= 0.6 is 0 Å². The van der Waals surface area contributed by atoms with Crippen molar-refractivity contribution in [3.8, 4) is 0 Å². The molecule has 15 heavy (non-hydrogen) atoms. The molecule has 0 aromatic carbocycles. The highest BCUT2D eigenvalue weighted by atomic mass is 15.3. The van der Waals surface area contributed by atoms with E-state index in [-0.39, 0.29) is 0 Å². The molecule has 0 spiro atoms. The van der Waals surface area contributed by atoms with E-state index in [0.717, 1.165) is 26.2 Å². The van der Waals surface area contributed by atoms with Crippen LogP contribution in [0.4, 0.5) is 0 Å². The molecule has 0 aromatic heterocycles. The van der Waals surface area contributed by atoms with Gasteiger partial charge in [0.1, 0.15) is 0 Å². The summed E-state index contributed by atoms with van der Waals surface area (Å²) in [7, 11) is 0. The molecule has 0 saturated carbocycles. The smallest absolute Gasteiger partial charge is 0.270 e. The fourth-order valence-corrected chi connectivity index (χ4v) is 2.23. The molecule has 86 valence electrons. The fourth-order valence-electron chi connectivity index (χ4n) is 2.23. The predicted octanol–water partition coefficient (Wildman–Crippen LogP) is 2.06. The topological polar surface area (TPSA) is 10.8 Å². The Morgan fingerprint density at radius 2 is 1.67 bits per heavy atom. The summed E-state index contributed by atoms with van der Waals surface area (Å²) in [6, 6.07) is 0. The highest BCUT2D eigenvalue weighted by Gasteiger charge is 2.31. The summed E-state index contributed by atoms with van der Waals surface area (Å²) < 4.78 is 0. The molecule has 0 atom stereocenters. The van der Waals surface area contributed by atoms with Gasteiger partial charge in [-0.25, -0.2) is 11.5 Å². The molecule has 1 rings (SSSR count). The van der Waals surface area contributed by atoms with Gasteiger partial charge in [-0.2, -0.15) is 0 Å². The molecule has 3 nitrogen and oxygen atoms in total. The Balaban J connectivity index is 2.46. The van der Waals surface area contributed by atoms with Gasteiger partial charge in [0, 0.05) is 31.7 Å². The predicted molar refractivity (Wildman–Crippen MR) is 63.6 cm³/mol. The van der Waals surface area contributed by atoms with E-state index in [1.165, 1.54) is 12.8 Å². The maximum atomic E-state index is 6.85. The van der Waals surface area contributed by atoms with Crippen LogP contribution in [0, 0.1) is 6.57 Å². The van der Waals surface area contributed by atoms with Crippen molar-refractivity contribution in [2.75, 3.05) is 32.8 Å². The van der Waals surface area contributed by atoms with E-state index in [4.69, 9.17) is 6.57 Å². The zero-order chi connectivity index (χ0) is 11.3. The van der Waals surface area contributed by atoms with Crippen LogP contribution in [0.2, 0.25) is 0 Å². The van der Waals surface area contributed by atoms with Crippen LogP contribution in [-0.2, 0) is 0 Å². The third-order valence-electron chi connectivity index (χ3n) is 3.93. The summed E-state index contributed by atoms with van der Waals surface area (Å²) in [6.07, 6.45) is 2.43. The third kappa shape index (κ3) is 2.93. The maximum Gasteiger partial charge on any atom is 0.270 e. The molecule has 1 heterocycles. The maximum absolute atomic E-state index is 6.85. The molecule has 0 aliphatic carbocycles. The Morgan fingerprint density at radius 1 is 1.13 bits per heavy atom. The summed E-state index contributed by atoms with van der Waals surface area (Å²) in [4.78, 5) is 8.28. The molecule has 0 aromatic rings. The second-order valence-corrected chi connectivity index (χ2v) is 4.61. The van der Waals surface area contributed by atoms with Crippen molar-refractivity contribution in [2.24, 2.45) is 0 Å². The van der Waals surface area contributed by atoms with Crippen LogP contribution in [0.3, 0.4) is 0 Å². The van der Waals surface area contributed by atoms with Gasteiger partial charge in [0.05, 0.1) is 0 Å². The van der Waals surface area contributed by atoms with Gasteiger partial charge in [0.2, 0.25) is 0 Å². The summed E-state index contributed by atoms with van der Waals surface area (Å²) in [5, 5.41) is 0. The van der Waals surface area contributed by atoms with Gasteiger partial charge in [-0.3, -0.25) is 9.74 Å². The number of piperazine rings is 1. The third-order valence-corrected chi connectivity index (χ3v) is 3.93. The first kappa shape index (κ1) is 12.5. The highest BCUT2D eigenvalue weighted by Crippen LogP contribution is 2.24. The number of nitrogens with zero attached hydrogens (tertiary/aromatic N) is 3. The van der Waals surface area contributed by atoms with E-state index in [1.54, 1.807) is 0 Å². The first-order chi connectivity index (χ1) is 7.16. The molecule has 1 aliphatic rings. The summed E-state index contributed by atoms with van der Waals surface area (Å²) >= 11 is 0. The molecule has 0 bridgehead atoms. The van der Waals surface area contributed by atoms with E-state index >= 15 is 0 Å². The van der Waals surface area contributed by atoms with E-state index in [9.17, 15) is 0 Å². The van der Waals surface area contributed by atoms with Gasteiger partial charge in [-0.05, 0) is 19.8 Å². The SMILES string of the molecule is [C-]#[N+]CN1CCN(C(C)(CC)CC)CC1. The summed E-state index contributed by atoms with van der Waals surface area (Å²) in [6.45, 7) is 18.7. The Bertz CT molecular complexity index is 220. The van der Waals surface area contributed by atoms with Crippen molar-refractivity contribution in [2.45, 2.75) is 39.2 Å². The normalized spacial score (nSPS) is 20.1. The lowest BCUT2D eigenvalue weighted by molar-refractivity contribution is 0.0406.